The van der Waals surface area contributed by atoms with Gasteiger partial charge in [0.2, 0.25) is 0 Å². The van der Waals surface area contributed by atoms with Gasteiger partial charge in [-0.25, -0.2) is 0 Å². The molecule has 2 aromatic rings. The zero-order valence-electron chi connectivity index (χ0n) is 13.9. The first-order valence-corrected chi connectivity index (χ1v) is 8.65. The first-order valence-electron chi connectivity index (χ1n) is 8.27. The highest BCUT2D eigenvalue weighted by Gasteiger charge is 2.32. The quantitative estimate of drug-likeness (QED) is 0.767. The van der Waals surface area contributed by atoms with Crippen molar-refractivity contribution in [2.24, 2.45) is 0 Å². The van der Waals surface area contributed by atoms with Gasteiger partial charge in [0.25, 0.3) is 11.8 Å². The second kappa shape index (κ2) is 7.76. The van der Waals surface area contributed by atoms with Crippen LogP contribution in [-0.2, 0) is 0 Å². The van der Waals surface area contributed by atoms with E-state index in [1.54, 1.807) is 29.2 Å². The zero-order valence-corrected chi connectivity index (χ0v) is 14.7. The molecule has 2 amide bonds. The molecule has 0 aromatic heterocycles. The average molecular weight is 375 g/mol. The average Bonchev–Trinajstić information content (AvgIpc) is 2.63. The molecule has 1 saturated heterocycles. The number of aliphatic hydroxyl groups excluding tert-OH is 1. The Kier molecular flexibility index (Phi) is 5.44. The number of β-amino-alcohol motifs (C(OH)–C–C–N with tert-alkyl or cyclic N) is 1. The van der Waals surface area contributed by atoms with Crippen LogP contribution in [0, 0.1) is 0 Å². The molecule has 7 heteroatoms. The standard InChI is InChI=1S/C19H19ClN2O4/c20-13-6-7-14(16(23)10-13)18(25)21-15-8-9-22(11-17(15)24)19(26)12-4-2-1-3-5-12/h1-7,10,15,17,23-24H,8-9,11H2,(H,21,25)/t15-,17-/m1/s1. The summed E-state index contributed by atoms with van der Waals surface area (Å²) in [6.07, 6.45) is -0.477. The van der Waals surface area contributed by atoms with E-state index in [1.165, 1.54) is 18.2 Å². The maximum absolute atomic E-state index is 12.5. The molecule has 1 aliphatic rings. The van der Waals surface area contributed by atoms with E-state index in [4.69, 9.17) is 11.6 Å². The Morgan fingerprint density at radius 2 is 1.88 bits per heavy atom. The number of amides is 2. The van der Waals surface area contributed by atoms with Gasteiger partial charge < -0.3 is 20.4 Å². The van der Waals surface area contributed by atoms with Gasteiger partial charge in [0.05, 0.1) is 17.7 Å². The molecular weight excluding hydrogens is 356 g/mol. The van der Waals surface area contributed by atoms with Crippen LogP contribution < -0.4 is 5.32 Å². The zero-order chi connectivity index (χ0) is 18.7. The molecule has 3 N–H and O–H groups in total. The second-order valence-electron chi connectivity index (χ2n) is 6.21. The van der Waals surface area contributed by atoms with Crippen molar-refractivity contribution in [2.75, 3.05) is 13.1 Å². The molecule has 26 heavy (non-hydrogen) atoms. The van der Waals surface area contributed by atoms with Crippen LogP contribution in [0.1, 0.15) is 27.1 Å². The van der Waals surface area contributed by atoms with Crippen LogP contribution >= 0.6 is 11.6 Å². The number of benzene rings is 2. The summed E-state index contributed by atoms with van der Waals surface area (Å²) in [5.41, 5.74) is 0.651. The summed E-state index contributed by atoms with van der Waals surface area (Å²) in [5, 5.41) is 23.2. The van der Waals surface area contributed by atoms with Gasteiger partial charge in [0.1, 0.15) is 5.75 Å². The van der Waals surface area contributed by atoms with Crippen molar-refractivity contribution in [2.45, 2.75) is 18.6 Å². The van der Waals surface area contributed by atoms with Crippen molar-refractivity contribution in [3.05, 3.63) is 64.7 Å². The van der Waals surface area contributed by atoms with Gasteiger partial charge in [0.15, 0.2) is 0 Å². The molecule has 0 saturated carbocycles. The summed E-state index contributed by atoms with van der Waals surface area (Å²) in [7, 11) is 0. The summed E-state index contributed by atoms with van der Waals surface area (Å²) in [5.74, 6) is -0.864. The first-order chi connectivity index (χ1) is 12.5. The van der Waals surface area contributed by atoms with E-state index in [0.717, 1.165) is 0 Å². The number of aromatic hydroxyl groups is 1. The van der Waals surface area contributed by atoms with Crippen molar-refractivity contribution >= 4 is 23.4 Å². The minimum Gasteiger partial charge on any atom is -0.507 e. The van der Waals surface area contributed by atoms with E-state index >= 15 is 0 Å². The number of piperidine rings is 1. The van der Waals surface area contributed by atoms with Crippen molar-refractivity contribution in [3.8, 4) is 5.75 Å². The Bertz CT molecular complexity index is 812. The number of carbonyl (C=O) groups excluding carboxylic acids is 2. The van der Waals surface area contributed by atoms with E-state index in [1.807, 2.05) is 6.07 Å². The second-order valence-corrected chi connectivity index (χ2v) is 6.65. The maximum Gasteiger partial charge on any atom is 0.255 e. The van der Waals surface area contributed by atoms with E-state index in [2.05, 4.69) is 5.32 Å². The van der Waals surface area contributed by atoms with E-state index in [9.17, 15) is 19.8 Å². The van der Waals surface area contributed by atoms with Gasteiger partial charge in [-0.15, -0.1) is 0 Å². The van der Waals surface area contributed by atoms with Gasteiger partial charge in [-0.2, -0.15) is 0 Å². The van der Waals surface area contributed by atoms with Crippen LogP contribution in [0.5, 0.6) is 5.75 Å². The number of hydrogen-bond acceptors (Lipinski definition) is 4. The number of nitrogens with one attached hydrogen (secondary N) is 1. The third kappa shape index (κ3) is 3.98. The molecule has 3 rings (SSSR count). The van der Waals surface area contributed by atoms with Crippen LogP contribution in [0.2, 0.25) is 5.02 Å². The number of halogens is 1. The van der Waals surface area contributed by atoms with Crippen LogP contribution in [0.15, 0.2) is 48.5 Å². The number of carbonyl (C=O) groups is 2. The molecule has 0 spiro atoms. The lowest BCUT2D eigenvalue weighted by Crippen LogP contribution is -2.55. The predicted molar refractivity (Wildman–Crippen MR) is 97.3 cm³/mol. The number of rotatable bonds is 3. The molecule has 6 nitrogen and oxygen atoms in total. The SMILES string of the molecule is O=C(N[C@@H]1CCN(C(=O)c2ccccc2)C[C@H]1O)c1ccc(Cl)cc1O. The summed E-state index contributed by atoms with van der Waals surface area (Å²) in [6, 6.07) is 12.6. The van der Waals surface area contributed by atoms with Crippen LogP contribution in [-0.4, -0.2) is 52.2 Å². The third-order valence-electron chi connectivity index (χ3n) is 4.41. The highest BCUT2D eigenvalue weighted by molar-refractivity contribution is 6.30. The Balaban J connectivity index is 1.62. The Hall–Kier alpha value is -2.57. The fourth-order valence-corrected chi connectivity index (χ4v) is 3.16. The molecule has 2 aromatic carbocycles. The van der Waals surface area contributed by atoms with Gasteiger partial charge in [0, 0.05) is 23.7 Å². The van der Waals surface area contributed by atoms with Crippen molar-refractivity contribution < 1.29 is 19.8 Å². The van der Waals surface area contributed by atoms with Crippen molar-refractivity contribution in [1.29, 1.82) is 0 Å². The molecule has 1 heterocycles. The van der Waals surface area contributed by atoms with Gasteiger partial charge in [-0.1, -0.05) is 29.8 Å². The van der Waals surface area contributed by atoms with E-state index in [0.29, 0.717) is 23.6 Å². The minimum atomic E-state index is -0.894. The molecule has 0 bridgehead atoms. The number of phenolic OH excluding ortho intramolecular Hbond substituents is 1. The lowest BCUT2D eigenvalue weighted by atomic mass is 10.00. The summed E-state index contributed by atoms with van der Waals surface area (Å²) < 4.78 is 0. The molecule has 0 unspecified atom stereocenters. The lowest BCUT2D eigenvalue weighted by molar-refractivity contribution is 0.0314. The first kappa shape index (κ1) is 18.2. The topological polar surface area (TPSA) is 89.9 Å². The number of likely N-dealkylation sites (tertiary alicyclic amines) is 1. The largest absolute Gasteiger partial charge is 0.507 e. The molecule has 1 fully saturated rings. The smallest absolute Gasteiger partial charge is 0.255 e. The molecule has 0 radical (unpaired) electrons. The number of aliphatic hydroxyl groups is 1. The van der Waals surface area contributed by atoms with E-state index < -0.39 is 18.1 Å². The Labute approximate surface area is 156 Å². The normalized spacial score (nSPS) is 19.8. The van der Waals surface area contributed by atoms with Crippen molar-refractivity contribution in [3.63, 3.8) is 0 Å². The Morgan fingerprint density at radius 1 is 1.15 bits per heavy atom. The summed E-state index contributed by atoms with van der Waals surface area (Å²) >= 11 is 5.76. The minimum absolute atomic E-state index is 0.0874. The van der Waals surface area contributed by atoms with Gasteiger partial charge in [-0.3, -0.25) is 9.59 Å². The van der Waals surface area contributed by atoms with Gasteiger partial charge >= 0.3 is 0 Å². The van der Waals surface area contributed by atoms with Gasteiger partial charge in [-0.05, 0) is 36.8 Å². The van der Waals surface area contributed by atoms with Crippen LogP contribution in [0.25, 0.3) is 0 Å². The van der Waals surface area contributed by atoms with Crippen LogP contribution in [0.3, 0.4) is 0 Å². The molecule has 1 aliphatic heterocycles. The maximum atomic E-state index is 12.5. The molecule has 0 aliphatic carbocycles. The lowest BCUT2D eigenvalue weighted by Gasteiger charge is -2.36. The molecule has 136 valence electrons. The number of phenols is 1. The highest BCUT2D eigenvalue weighted by Crippen LogP contribution is 2.22. The highest BCUT2D eigenvalue weighted by atomic mass is 35.5. The fraction of sp³-hybridized carbons (Fsp3) is 0.263. The number of hydrogen-bond donors (Lipinski definition) is 3. The Morgan fingerprint density at radius 3 is 2.54 bits per heavy atom. The van der Waals surface area contributed by atoms with Crippen LogP contribution in [0.4, 0.5) is 0 Å². The summed E-state index contributed by atoms with van der Waals surface area (Å²) in [6.45, 7) is 0.549. The van der Waals surface area contributed by atoms with E-state index in [-0.39, 0.29) is 23.8 Å². The molecular formula is C19H19ClN2O4. The fourth-order valence-electron chi connectivity index (χ4n) is 2.99. The number of nitrogens with zero attached hydrogens (tertiary/aromatic N) is 1. The van der Waals surface area contributed by atoms with Crippen molar-refractivity contribution in [1.82, 2.24) is 10.2 Å². The summed E-state index contributed by atoms with van der Waals surface area (Å²) in [4.78, 5) is 26.3. The third-order valence-corrected chi connectivity index (χ3v) is 4.65. The molecule has 2 atom stereocenters. The monoisotopic (exact) mass is 374 g/mol. The predicted octanol–water partition coefficient (Wildman–Crippen LogP) is 2.05.